The van der Waals surface area contributed by atoms with Gasteiger partial charge in [-0.1, -0.05) is 17.7 Å². The first kappa shape index (κ1) is 15.1. The predicted molar refractivity (Wildman–Crippen MR) is 75.8 cm³/mol. The van der Waals surface area contributed by atoms with Crippen LogP contribution >= 0.6 is 23.4 Å². The van der Waals surface area contributed by atoms with Crippen LogP contribution in [0.15, 0.2) is 18.2 Å². The summed E-state index contributed by atoms with van der Waals surface area (Å²) in [7, 11) is 0. The molecule has 20 heavy (non-hydrogen) atoms. The van der Waals surface area contributed by atoms with E-state index in [4.69, 9.17) is 16.7 Å². The van der Waals surface area contributed by atoms with Gasteiger partial charge >= 0.3 is 5.97 Å². The summed E-state index contributed by atoms with van der Waals surface area (Å²) >= 11 is 7.47. The number of carboxylic acid groups (broad SMARTS) is 1. The van der Waals surface area contributed by atoms with E-state index in [0.717, 1.165) is 0 Å². The standard InChI is InChI=1S/C13H13ClFNO3S/c14-9-2-1-3-10(15)12(9)13(19)16-4-5-20-7-8(16)6-11(17)18/h1-3,8H,4-7H2,(H,17,18). The number of thioether (sulfide) groups is 1. The molecule has 0 aliphatic carbocycles. The molecule has 1 unspecified atom stereocenters. The van der Waals surface area contributed by atoms with Crippen molar-refractivity contribution in [1.82, 2.24) is 4.90 Å². The van der Waals surface area contributed by atoms with E-state index in [1.807, 2.05) is 0 Å². The molecule has 1 heterocycles. The third-order valence-electron chi connectivity index (χ3n) is 3.08. The van der Waals surface area contributed by atoms with E-state index < -0.39 is 23.7 Å². The van der Waals surface area contributed by atoms with Crippen LogP contribution in [0, 0.1) is 5.82 Å². The van der Waals surface area contributed by atoms with Gasteiger partial charge in [0.2, 0.25) is 0 Å². The average molecular weight is 318 g/mol. The van der Waals surface area contributed by atoms with E-state index in [0.29, 0.717) is 18.1 Å². The van der Waals surface area contributed by atoms with Crippen molar-refractivity contribution >= 4 is 35.2 Å². The number of amides is 1. The SMILES string of the molecule is O=C(O)CC1CSCCN1C(=O)c1c(F)cccc1Cl. The van der Waals surface area contributed by atoms with Crippen molar-refractivity contribution in [2.45, 2.75) is 12.5 Å². The lowest BCUT2D eigenvalue weighted by atomic mass is 10.1. The van der Waals surface area contributed by atoms with Gasteiger partial charge < -0.3 is 10.0 Å². The Bertz CT molecular complexity index is 520. The zero-order chi connectivity index (χ0) is 14.7. The first-order chi connectivity index (χ1) is 9.50. The molecular weight excluding hydrogens is 305 g/mol. The number of hydrogen-bond acceptors (Lipinski definition) is 3. The number of halogens is 2. The smallest absolute Gasteiger partial charge is 0.305 e. The van der Waals surface area contributed by atoms with Gasteiger partial charge in [-0.05, 0) is 12.1 Å². The molecule has 7 heteroatoms. The van der Waals surface area contributed by atoms with E-state index in [1.54, 1.807) is 11.8 Å². The number of aliphatic carboxylic acids is 1. The Hall–Kier alpha value is -1.27. The topological polar surface area (TPSA) is 57.6 Å². The summed E-state index contributed by atoms with van der Waals surface area (Å²) in [5.74, 6) is -0.970. The minimum atomic E-state index is -0.977. The fourth-order valence-corrected chi connectivity index (χ4v) is 3.44. The third-order valence-corrected chi connectivity index (χ3v) is 4.48. The van der Waals surface area contributed by atoms with Gasteiger partial charge in [-0.2, -0.15) is 11.8 Å². The molecule has 0 bridgehead atoms. The van der Waals surface area contributed by atoms with E-state index in [1.165, 1.54) is 23.1 Å². The number of hydrogen-bond donors (Lipinski definition) is 1. The quantitative estimate of drug-likeness (QED) is 0.930. The lowest BCUT2D eigenvalue weighted by Crippen LogP contribution is -2.47. The molecular formula is C13H13ClFNO3S. The van der Waals surface area contributed by atoms with Crippen LogP contribution in [-0.4, -0.2) is 46.0 Å². The van der Waals surface area contributed by atoms with Crippen molar-refractivity contribution in [3.05, 3.63) is 34.6 Å². The highest BCUT2D eigenvalue weighted by molar-refractivity contribution is 7.99. The Kier molecular flexibility index (Phi) is 4.88. The highest BCUT2D eigenvalue weighted by Crippen LogP contribution is 2.26. The number of carbonyl (C=O) groups is 2. The van der Waals surface area contributed by atoms with Gasteiger partial charge in [0.25, 0.3) is 5.91 Å². The summed E-state index contributed by atoms with van der Waals surface area (Å²) in [6, 6.07) is 3.61. The molecule has 0 saturated carbocycles. The molecule has 108 valence electrons. The summed E-state index contributed by atoms with van der Waals surface area (Å²) in [6.07, 6.45) is -0.148. The van der Waals surface area contributed by atoms with Crippen molar-refractivity contribution in [1.29, 1.82) is 0 Å². The number of carbonyl (C=O) groups excluding carboxylic acids is 1. The number of benzene rings is 1. The van der Waals surface area contributed by atoms with Gasteiger partial charge in [0.1, 0.15) is 5.82 Å². The first-order valence-corrected chi connectivity index (χ1v) is 7.58. The number of nitrogens with zero attached hydrogens (tertiary/aromatic N) is 1. The van der Waals surface area contributed by atoms with Gasteiger partial charge in [0, 0.05) is 18.1 Å². The van der Waals surface area contributed by atoms with Crippen LogP contribution in [0.1, 0.15) is 16.8 Å². The summed E-state index contributed by atoms with van der Waals surface area (Å²) in [6.45, 7) is 0.395. The van der Waals surface area contributed by atoms with E-state index in [2.05, 4.69) is 0 Å². The minimum Gasteiger partial charge on any atom is -0.481 e. The van der Waals surface area contributed by atoms with Gasteiger partial charge in [0.05, 0.1) is 23.0 Å². The van der Waals surface area contributed by atoms with Gasteiger partial charge in [-0.15, -0.1) is 0 Å². The Morgan fingerprint density at radius 3 is 2.90 bits per heavy atom. The summed E-state index contributed by atoms with van der Waals surface area (Å²) < 4.78 is 13.8. The first-order valence-electron chi connectivity index (χ1n) is 6.05. The molecule has 0 aromatic heterocycles. The molecule has 0 radical (unpaired) electrons. The minimum absolute atomic E-state index is 0.0438. The monoisotopic (exact) mass is 317 g/mol. The second-order valence-corrected chi connectivity index (χ2v) is 5.98. The second kappa shape index (κ2) is 6.45. The van der Waals surface area contributed by atoms with E-state index >= 15 is 0 Å². The van der Waals surface area contributed by atoms with Crippen LogP contribution in [0.4, 0.5) is 4.39 Å². The Morgan fingerprint density at radius 2 is 2.25 bits per heavy atom. The predicted octanol–water partition coefficient (Wildman–Crippen LogP) is 2.51. The second-order valence-electron chi connectivity index (χ2n) is 4.42. The maximum atomic E-state index is 13.8. The van der Waals surface area contributed by atoms with Gasteiger partial charge in [-0.25, -0.2) is 4.39 Å². The normalized spacial score (nSPS) is 18.9. The zero-order valence-electron chi connectivity index (χ0n) is 10.5. The van der Waals surface area contributed by atoms with E-state index in [9.17, 15) is 14.0 Å². The largest absolute Gasteiger partial charge is 0.481 e. The highest BCUT2D eigenvalue weighted by atomic mass is 35.5. The summed E-state index contributed by atoms with van der Waals surface area (Å²) in [5.41, 5.74) is -0.184. The third kappa shape index (κ3) is 3.24. The molecule has 1 saturated heterocycles. The summed E-state index contributed by atoms with van der Waals surface area (Å²) in [5, 5.41) is 8.94. The maximum Gasteiger partial charge on any atom is 0.305 e. The van der Waals surface area contributed by atoms with Crippen molar-refractivity contribution in [2.24, 2.45) is 0 Å². The Labute approximate surface area is 124 Å². The molecule has 1 amide bonds. The van der Waals surface area contributed by atoms with Crippen molar-refractivity contribution < 1.29 is 19.1 Å². The molecule has 1 N–H and O–H groups in total. The number of carboxylic acids is 1. The molecule has 1 fully saturated rings. The lowest BCUT2D eigenvalue weighted by molar-refractivity contribution is -0.138. The molecule has 4 nitrogen and oxygen atoms in total. The molecule has 2 rings (SSSR count). The number of rotatable bonds is 3. The van der Waals surface area contributed by atoms with Crippen LogP contribution in [-0.2, 0) is 4.79 Å². The molecule has 1 aromatic carbocycles. The van der Waals surface area contributed by atoms with Crippen molar-refractivity contribution in [3.8, 4) is 0 Å². The average Bonchev–Trinajstić information content (AvgIpc) is 2.38. The van der Waals surface area contributed by atoms with Gasteiger partial charge in [0.15, 0.2) is 0 Å². The van der Waals surface area contributed by atoms with Crippen LogP contribution < -0.4 is 0 Å². The molecule has 0 spiro atoms. The molecule has 1 aliphatic heterocycles. The fourth-order valence-electron chi connectivity index (χ4n) is 2.14. The van der Waals surface area contributed by atoms with Crippen molar-refractivity contribution in [3.63, 3.8) is 0 Å². The zero-order valence-corrected chi connectivity index (χ0v) is 12.1. The van der Waals surface area contributed by atoms with Crippen LogP contribution in [0.5, 0.6) is 0 Å². The molecule has 1 atom stereocenters. The Balaban J connectivity index is 2.28. The van der Waals surface area contributed by atoms with Gasteiger partial charge in [-0.3, -0.25) is 9.59 Å². The fraction of sp³-hybridized carbons (Fsp3) is 0.385. The van der Waals surface area contributed by atoms with Crippen LogP contribution in [0.25, 0.3) is 0 Å². The summed E-state index contributed by atoms with van der Waals surface area (Å²) in [4.78, 5) is 24.7. The highest BCUT2D eigenvalue weighted by Gasteiger charge is 2.31. The van der Waals surface area contributed by atoms with Crippen molar-refractivity contribution in [2.75, 3.05) is 18.1 Å². The Morgan fingerprint density at radius 1 is 1.50 bits per heavy atom. The van der Waals surface area contributed by atoms with E-state index in [-0.39, 0.29) is 17.0 Å². The lowest BCUT2D eigenvalue weighted by Gasteiger charge is -2.34. The van der Waals surface area contributed by atoms with Crippen LogP contribution in [0.3, 0.4) is 0 Å². The molecule has 1 aliphatic rings. The molecule has 1 aromatic rings. The van der Waals surface area contributed by atoms with Crippen LogP contribution in [0.2, 0.25) is 5.02 Å². The maximum absolute atomic E-state index is 13.8.